The van der Waals surface area contributed by atoms with Crippen LogP contribution in [0.25, 0.3) is 0 Å². The molecule has 0 saturated carbocycles. The van der Waals surface area contributed by atoms with Gasteiger partial charge in [0, 0.05) is 24.8 Å². The summed E-state index contributed by atoms with van der Waals surface area (Å²) in [6.45, 7) is 0.473. The molecule has 0 amide bonds. The van der Waals surface area contributed by atoms with E-state index in [1.54, 1.807) is 0 Å². The number of anilines is 1. The van der Waals surface area contributed by atoms with Gasteiger partial charge in [-0.05, 0) is 6.07 Å². The molecule has 0 radical (unpaired) electrons. The number of hydrogen-bond donors (Lipinski definition) is 1. The van der Waals surface area contributed by atoms with Crippen LogP contribution in [0.5, 0.6) is 0 Å². The SMILES string of the molecule is COCC(COC)Nc1c(F)cc(Br)cc1[N+](=O)[O-]. The summed E-state index contributed by atoms with van der Waals surface area (Å²) in [7, 11) is 2.97. The van der Waals surface area contributed by atoms with Crippen molar-refractivity contribution >= 4 is 27.3 Å². The minimum atomic E-state index is -0.710. The monoisotopic (exact) mass is 336 g/mol. The molecule has 0 atom stereocenters. The first kappa shape index (κ1) is 15.8. The highest BCUT2D eigenvalue weighted by Crippen LogP contribution is 2.31. The van der Waals surface area contributed by atoms with Gasteiger partial charge in [0.05, 0.1) is 24.2 Å². The molecule has 106 valence electrons. The van der Waals surface area contributed by atoms with E-state index >= 15 is 0 Å². The highest BCUT2D eigenvalue weighted by Gasteiger charge is 2.22. The lowest BCUT2D eigenvalue weighted by molar-refractivity contribution is -0.384. The standard InChI is InChI=1S/C11H14BrFN2O4/c1-18-5-8(6-19-2)14-11-9(13)3-7(12)4-10(11)15(16)17/h3-4,8,14H,5-6H2,1-2H3. The van der Waals surface area contributed by atoms with E-state index in [1.165, 1.54) is 20.3 Å². The number of rotatable bonds is 7. The lowest BCUT2D eigenvalue weighted by Crippen LogP contribution is -2.30. The Morgan fingerprint density at radius 3 is 2.47 bits per heavy atom. The third kappa shape index (κ3) is 4.41. The largest absolute Gasteiger partial charge is 0.382 e. The molecule has 6 nitrogen and oxygen atoms in total. The number of nitro benzene ring substituents is 1. The molecule has 0 aliphatic heterocycles. The molecule has 1 aromatic carbocycles. The van der Waals surface area contributed by atoms with E-state index in [-0.39, 0.29) is 30.6 Å². The summed E-state index contributed by atoms with van der Waals surface area (Å²) in [6, 6.07) is 2.01. The van der Waals surface area contributed by atoms with E-state index < -0.39 is 10.7 Å². The summed E-state index contributed by atoms with van der Waals surface area (Å²) >= 11 is 3.02. The van der Waals surface area contributed by atoms with E-state index in [0.29, 0.717) is 4.47 Å². The zero-order chi connectivity index (χ0) is 14.4. The average Bonchev–Trinajstić information content (AvgIpc) is 2.32. The molecule has 0 aliphatic carbocycles. The fraction of sp³-hybridized carbons (Fsp3) is 0.455. The fourth-order valence-electron chi connectivity index (χ4n) is 1.58. The molecule has 8 heteroatoms. The molecule has 0 bridgehead atoms. The van der Waals surface area contributed by atoms with Crippen molar-refractivity contribution in [3.8, 4) is 0 Å². The Labute approximate surface area is 118 Å². The Morgan fingerprint density at radius 1 is 1.42 bits per heavy atom. The summed E-state index contributed by atoms with van der Waals surface area (Å²) in [5.41, 5.74) is -0.517. The zero-order valence-corrected chi connectivity index (χ0v) is 12.1. The van der Waals surface area contributed by atoms with Crippen LogP contribution >= 0.6 is 15.9 Å². The first-order chi connectivity index (χ1) is 8.99. The Morgan fingerprint density at radius 2 is 2.00 bits per heavy atom. The average molecular weight is 337 g/mol. The van der Waals surface area contributed by atoms with E-state index in [9.17, 15) is 14.5 Å². The lowest BCUT2D eigenvalue weighted by Gasteiger charge is -2.18. The Balaban J connectivity index is 3.07. The predicted molar refractivity (Wildman–Crippen MR) is 71.9 cm³/mol. The van der Waals surface area contributed by atoms with Crippen LogP contribution in [0.3, 0.4) is 0 Å². The molecule has 0 fully saturated rings. The number of methoxy groups -OCH3 is 2. The normalized spacial score (nSPS) is 10.8. The minimum absolute atomic E-state index is 0.174. The summed E-state index contributed by atoms with van der Waals surface area (Å²) in [4.78, 5) is 10.3. The van der Waals surface area contributed by atoms with Gasteiger partial charge < -0.3 is 14.8 Å². The number of halogens is 2. The van der Waals surface area contributed by atoms with Crippen molar-refractivity contribution in [2.75, 3.05) is 32.8 Å². The van der Waals surface area contributed by atoms with Crippen LogP contribution in [0.2, 0.25) is 0 Å². The van der Waals surface area contributed by atoms with E-state index in [0.717, 1.165) is 6.07 Å². The zero-order valence-electron chi connectivity index (χ0n) is 10.5. The molecule has 0 unspecified atom stereocenters. The van der Waals surface area contributed by atoms with Crippen LogP contribution in [0.1, 0.15) is 0 Å². The second-order valence-electron chi connectivity index (χ2n) is 3.79. The Kier molecular flexibility index (Phi) is 6.13. The molecule has 0 aliphatic rings. The smallest absolute Gasteiger partial charge is 0.296 e. The van der Waals surface area contributed by atoms with Crippen molar-refractivity contribution in [3.05, 3.63) is 32.5 Å². The molecule has 1 N–H and O–H groups in total. The van der Waals surface area contributed by atoms with Crippen molar-refractivity contribution in [1.82, 2.24) is 0 Å². The lowest BCUT2D eigenvalue weighted by atomic mass is 10.2. The van der Waals surface area contributed by atoms with Gasteiger partial charge in [0.25, 0.3) is 5.69 Å². The highest BCUT2D eigenvalue weighted by molar-refractivity contribution is 9.10. The number of benzene rings is 1. The topological polar surface area (TPSA) is 73.6 Å². The maximum Gasteiger partial charge on any atom is 0.296 e. The van der Waals surface area contributed by atoms with Crippen molar-refractivity contribution in [3.63, 3.8) is 0 Å². The molecule has 1 rings (SSSR count). The summed E-state index contributed by atoms with van der Waals surface area (Å²) in [6.07, 6.45) is 0. The molecule has 0 saturated heterocycles. The van der Waals surface area contributed by atoms with Crippen LogP contribution in [0.15, 0.2) is 16.6 Å². The summed E-state index contributed by atoms with van der Waals surface area (Å²) in [5, 5.41) is 13.7. The summed E-state index contributed by atoms with van der Waals surface area (Å²) in [5.74, 6) is -0.710. The van der Waals surface area contributed by atoms with Gasteiger partial charge in [0.1, 0.15) is 5.69 Å². The number of nitrogens with one attached hydrogen (secondary N) is 1. The number of ether oxygens (including phenoxy) is 2. The van der Waals surface area contributed by atoms with Gasteiger partial charge >= 0.3 is 0 Å². The quantitative estimate of drug-likeness (QED) is 0.611. The van der Waals surface area contributed by atoms with Crippen molar-refractivity contribution in [2.45, 2.75) is 6.04 Å². The summed E-state index contributed by atoms with van der Waals surface area (Å²) < 4.78 is 24.0. The first-order valence-electron chi connectivity index (χ1n) is 5.37. The van der Waals surface area contributed by atoms with Gasteiger partial charge in [-0.25, -0.2) is 4.39 Å². The highest BCUT2D eigenvalue weighted by atomic mass is 79.9. The van der Waals surface area contributed by atoms with Gasteiger partial charge in [-0.2, -0.15) is 0 Å². The van der Waals surface area contributed by atoms with Crippen LogP contribution in [0, 0.1) is 15.9 Å². The van der Waals surface area contributed by atoms with Crippen LogP contribution < -0.4 is 5.32 Å². The second-order valence-corrected chi connectivity index (χ2v) is 4.71. The van der Waals surface area contributed by atoms with Gasteiger partial charge in [-0.1, -0.05) is 15.9 Å². The van der Waals surface area contributed by atoms with Gasteiger partial charge in [-0.3, -0.25) is 10.1 Å². The van der Waals surface area contributed by atoms with E-state index in [2.05, 4.69) is 21.2 Å². The van der Waals surface area contributed by atoms with E-state index in [4.69, 9.17) is 9.47 Å². The molecule has 1 aromatic rings. The maximum atomic E-state index is 13.8. The molecular weight excluding hydrogens is 323 g/mol. The molecule has 19 heavy (non-hydrogen) atoms. The fourth-order valence-corrected chi connectivity index (χ4v) is 2.00. The minimum Gasteiger partial charge on any atom is -0.382 e. The molecular formula is C11H14BrFN2O4. The number of hydrogen-bond acceptors (Lipinski definition) is 5. The van der Waals surface area contributed by atoms with Crippen molar-refractivity contribution in [2.24, 2.45) is 0 Å². The van der Waals surface area contributed by atoms with E-state index in [1.807, 2.05) is 0 Å². The van der Waals surface area contributed by atoms with Gasteiger partial charge in [0.2, 0.25) is 0 Å². The van der Waals surface area contributed by atoms with Crippen LogP contribution in [-0.2, 0) is 9.47 Å². The second kappa shape index (κ2) is 7.37. The van der Waals surface area contributed by atoms with Gasteiger partial charge in [0.15, 0.2) is 5.82 Å². The van der Waals surface area contributed by atoms with Crippen molar-refractivity contribution < 1.29 is 18.8 Å². The van der Waals surface area contributed by atoms with Crippen molar-refractivity contribution in [1.29, 1.82) is 0 Å². The number of nitro groups is 1. The third-order valence-electron chi connectivity index (χ3n) is 2.32. The molecule has 0 spiro atoms. The van der Waals surface area contributed by atoms with Crippen LogP contribution in [-0.4, -0.2) is 38.4 Å². The maximum absolute atomic E-state index is 13.8. The Hall–Kier alpha value is -1.25. The Bertz CT molecular complexity index is 453. The first-order valence-corrected chi connectivity index (χ1v) is 6.16. The van der Waals surface area contributed by atoms with Crippen LogP contribution in [0.4, 0.5) is 15.8 Å². The third-order valence-corrected chi connectivity index (χ3v) is 2.77. The number of nitrogens with zero attached hydrogens (tertiary/aromatic N) is 1. The molecule has 0 heterocycles. The van der Waals surface area contributed by atoms with Gasteiger partial charge in [-0.15, -0.1) is 0 Å². The predicted octanol–water partition coefficient (Wildman–Crippen LogP) is 2.57. The molecule has 0 aromatic heterocycles.